The topological polar surface area (TPSA) is 9.23 Å². The first kappa shape index (κ1) is 7.06. The first-order valence-corrected chi connectivity index (χ1v) is 2.92. The number of ether oxygens (including phenoxy) is 1. The van der Waals surface area contributed by atoms with Crippen molar-refractivity contribution in [3.05, 3.63) is 36.7 Å². The van der Waals surface area contributed by atoms with Gasteiger partial charge in [0.05, 0.1) is 0 Å². The molecule has 1 radical (unpaired) electrons. The van der Waals surface area contributed by atoms with Gasteiger partial charge in [-0.05, 0) is 30.7 Å². The van der Waals surface area contributed by atoms with E-state index < -0.39 is 0 Å². The van der Waals surface area contributed by atoms with E-state index >= 15 is 0 Å². The van der Waals surface area contributed by atoms with Gasteiger partial charge in [-0.25, -0.2) is 4.39 Å². The van der Waals surface area contributed by atoms with Crippen molar-refractivity contribution in [3.63, 3.8) is 0 Å². The molecule has 0 saturated carbocycles. The predicted octanol–water partition coefficient (Wildman–Crippen LogP) is 2.30. The summed E-state index contributed by atoms with van der Waals surface area (Å²) in [4.78, 5) is 0. The Morgan fingerprint density at radius 1 is 1.50 bits per heavy atom. The molecule has 2 heteroatoms. The van der Waals surface area contributed by atoms with Crippen molar-refractivity contribution in [2.75, 3.05) is 0 Å². The Kier molecular flexibility index (Phi) is 1.90. The molecule has 1 aromatic carbocycles. The molecule has 0 aromatic heterocycles. The molecule has 1 aromatic rings. The Labute approximate surface area is 59.4 Å². The minimum atomic E-state index is -0.221. The van der Waals surface area contributed by atoms with Crippen LogP contribution in [0.25, 0.3) is 0 Å². The zero-order valence-corrected chi connectivity index (χ0v) is 5.73. The SMILES string of the molecule is [CH2]Oc1ccc(F)c(C)c1. The Morgan fingerprint density at radius 2 is 2.20 bits per heavy atom. The van der Waals surface area contributed by atoms with E-state index in [1.807, 2.05) is 0 Å². The molecule has 0 aliphatic carbocycles. The number of rotatable bonds is 1. The predicted molar refractivity (Wildman–Crippen MR) is 37.1 cm³/mol. The third-order valence-electron chi connectivity index (χ3n) is 1.30. The van der Waals surface area contributed by atoms with E-state index in [-0.39, 0.29) is 5.82 Å². The maximum absolute atomic E-state index is 12.6. The van der Waals surface area contributed by atoms with Gasteiger partial charge in [0.1, 0.15) is 18.7 Å². The summed E-state index contributed by atoms with van der Waals surface area (Å²) in [6, 6.07) is 4.49. The molecule has 1 nitrogen and oxygen atoms in total. The summed E-state index contributed by atoms with van der Waals surface area (Å²) in [5, 5.41) is 0. The Balaban J connectivity index is 3.04. The number of aryl methyl sites for hydroxylation is 1. The maximum Gasteiger partial charge on any atom is 0.126 e. The van der Waals surface area contributed by atoms with Crippen molar-refractivity contribution >= 4 is 0 Å². The fraction of sp³-hybridized carbons (Fsp3) is 0.125. The second-order valence-electron chi connectivity index (χ2n) is 2.06. The summed E-state index contributed by atoms with van der Waals surface area (Å²) < 4.78 is 17.2. The van der Waals surface area contributed by atoms with Crippen LogP contribution in [0.3, 0.4) is 0 Å². The number of benzene rings is 1. The van der Waals surface area contributed by atoms with E-state index in [4.69, 9.17) is 0 Å². The van der Waals surface area contributed by atoms with Crippen LogP contribution < -0.4 is 4.74 Å². The normalized spacial score (nSPS) is 9.50. The average molecular weight is 139 g/mol. The lowest BCUT2D eigenvalue weighted by atomic mass is 10.2. The zero-order valence-electron chi connectivity index (χ0n) is 5.73. The highest BCUT2D eigenvalue weighted by molar-refractivity contribution is 5.28. The number of hydrogen-bond donors (Lipinski definition) is 0. The van der Waals surface area contributed by atoms with Crippen LogP contribution in [0.15, 0.2) is 18.2 Å². The van der Waals surface area contributed by atoms with E-state index in [0.29, 0.717) is 11.3 Å². The summed E-state index contributed by atoms with van der Waals surface area (Å²) in [5.74, 6) is 0.361. The van der Waals surface area contributed by atoms with Crippen LogP contribution in [0.1, 0.15) is 5.56 Å². The molecule has 10 heavy (non-hydrogen) atoms. The van der Waals surface area contributed by atoms with Crippen molar-refractivity contribution in [3.8, 4) is 5.75 Å². The fourth-order valence-corrected chi connectivity index (χ4v) is 0.707. The van der Waals surface area contributed by atoms with Crippen LogP contribution in [0.4, 0.5) is 4.39 Å². The van der Waals surface area contributed by atoms with Gasteiger partial charge in [0.25, 0.3) is 0 Å². The van der Waals surface area contributed by atoms with E-state index in [9.17, 15) is 4.39 Å². The summed E-state index contributed by atoms with van der Waals surface area (Å²) in [5.41, 5.74) is 0.571. The Hall–Kier alpha value is -1.05. The molecule has 0 heterocycles. The number of halogens is 1. The van der Waals surface area contributed by atoms with Gasteiger partial charge in [-0.1, -0.05) is 0 Å². The highest BCUT2D eigenvalue weighted by Crippen LogP contribution is 2.14. The molecular formula is C8H8FO. The average Bonchev–Trinajstić information content (AvgIpc) is 1.95. The van der Waals surface area contributed by atoms with Crippen molar-refractivity contribution < 1.29 is 9.13 Å². The van der Waals surface area contributed by atoms with E-state index in [1.165, 1.54) is 12.1 Å². The Morgan fingerprint density at radius 3 is 2.70 bits per heavy atom. The van der Waals surface area contributed by atoms with Crippen molar-refractivity contribution in [1.29, 1.82) is 0 Å². The van der Waals surface area contributed by atoms with Crippen LogP contribution in [0.5, 0.6) is 5.75 Å². The van der Waals surface area contributed by atoms with Gasteiger partial charge in [0.2, 0.25) is 0 Å². The molecule has 1 rings (SSSR count). The minimum Gasteiger partial charge on any atom is -0.490 e. The molecule has 0 saturated heterocycles. The first-order chi connectivity index (χ1) is 4.74. The monoisotopic (exact) mass is 139 g/mol. The van der Waals surface area contributed by atoms with Gasteiger partial charge in [0.15, 0.2) is 0 Å². The summed E-state index contributed by atoms with van der Waals surface area (Å²) in [7, 11) is 3.20. The smallest absolute Gasteiger partial charge is 0.126 e. The molecule has 0 aliphatic rings. The van der Waals surface area contributed by atoms with Crippen LogP contribution in [0.2, 0.25) is 0 Å². The van der Waals surface area contributed by atoms with Crippen molar-refractivity contribution in [1.82, 2.24) is 0 Å². The van der Waals surface area contributed by atoms with Crippen molar-refractivity contribution in [2.24, 2.45) is 0 Å². The highest BCUT2D eigenvalue weighted by atomic mass is 19.1. The van der Waals surface area contributed by atoms with E-state index in [0.717, 1.165) is 0 Å². The Bertz CT molecular complexity index is 233. The van der Waals surface area contributed by atoms with Crippen molar-refractivity contribution in [2.45, 2.75) is 6.92 Å². The molecule has 0 atom stereocenters. The summed E-state index contributed by atoms with van der Waals surface area (Å²) in [6.45, 7) is 1.68. The van der Waals surface area contributed by atoms with Gasteiger partial charge < -0.3 is 4.74 Å². The van der Waals surface area contributed by atoms with E-state index in [1.54, 1.807) is 13.0 Å². The molecule has 0 unspecified atom stereocenters. The lowest BCUT2D eigenvalue weighted by Gasteiger charge is -1.99. The van der Waals surface area contributed by atoms with E-state index in [2.05, 4.69) is 11.8 Å². The largest absolute Gasteiger partial charge is 0.490 e. The van der Waals surface area contributed by atoms with Gasteiger partial charge in [-0.15, -0.1) is 0 Å². The standard InChI is InChI=1S/C8H8FO/c1-6-5-7(10-2)3-4-8(6)9/h3-5H,2H2,1H3. The molecule has 0 amide bonds. The van der Waals surface area contributed by atoms with Gasteiger partial charge >= 0.3 is 0 Å². The molecule has 0 fully saturated rings. The summed E-state index contributed by atoms with van der Waals surface area (Å²) in [6.07, 6.45) is 0. The first-order valence-electron chi connectivity index (χ1n) is 2.92. The second kappa shape index (κ2) is 2.69. The third kappa shape index (κ3) is 1.26. The quantitative estimate of drug-likeness (QED) is 0.580. The third-order valence-corrected chi connectivity index (χ3v) is 1.30. The lowest BCUT2D eigenvalue weighted by Crippen LogP contribution is -1.83. The maximum atomic E-state index is 12.6. The molecule has 0 spiro atoms. The van der Waals surface area contributed by atoms with Gasteiger partial charge in [-0.3, -0.25) is 0 Å². The van der Waals surface area contributed by atoms with Crippen LogP contribution in [-0.2, 0) is 0 Å². The van der Waals surface area contributed by atoms with Gasteiger partial charge in [-0.2, -0.15) is 0 Å². The minimum absolute atomic E-state index is 0.221. The fourth-order valence-electron chi connectivity index (χ4n) is 0.707. The lowest BCUT2D eigenvalue weighted by molar-refractivity contribution is 0.470. The highest BCUT2D eigenvalue weighted by Gasteiger charge is 1.96. The van der Waals surface area contributed by atoms with Gasteiger partial charge in [0, 0.05) is 0 Å². The molecule has 53 valence electrons. The zero-order chi connectivity index (χ0) is 7.56. The molecule has 0 aliphatic heterocycles. The molecular weight excluding hydrogens is 131 g/mol. The second-order valence-corrected chi connectivity index (χ2v) is 2.06. The summed E-state index contributed by atoms with van der Waals surface area (Å²) >= 11 is 0. The van der Waals surface area contributed by atoms with Crippen LogP contribution in [0, 0.1) is 19.9 Å². The van der Waals surface area contributed by atoms with Crippen LogP contribution >= 0.6 is 0 Å². The molecule has 0 bridgehead atoms. The molecule has 0 N–H and O–H groups in total. The van der Waals surface area contributed by atoms with Crippen LogP contribution in [-0.4, -0.2) is 0 Å². The number of hydrogen-bond acceptors (Lipinski definition) is 1.